The van der Waals surface area contributed by atoms with E-state index in [1.807, 2.05) is 0 Å². The Hall–Kier alpha value is -1.32. The zero-order chi connectivity index (χ0) is 18.2. The fraction of sp³-hybridized carbons (Fsp3) is 0.400. The van der Waals surface area contributed by atoms with E-state index in [4.69, 9.17) is 32.7 Å². The Kier molecular flexibility index (Phi) is 5.00. The summed E-state index contributed by atoms with van der Waals surface area (Å²) in [6, 6.07) is 4.29. The van der Waals surface area contributed by atoms with Gasteiger partial charge in [-0.1, -0.05) is 23.2 Å². The molecule has 10 heteroatoms. The molecule has 1 aliphatic heterocycles. The quantitative estimate of drug-likeness (QED) is 0.795. The fourth-order valence-electron chi connectivity index (χ4n) is 2.91. The Morgan fingerprint density at radius 1 is 1.28 bits per heavy atom. The van der Waals surface area contributed by atoms with E-state index in [-0.39, 0.29) is 29.1 Å². The van der Waals surface area contributed by atoms with Crippen LogP contribution in [-0.4, -0.2) is 43.7 Å². The van der Waals surface area contributed by atoms with Crippen LogP contribution >= 0.6 is 23.2 Å². The van der Waals surface area contributed by atoms with Crippen molar-refractivity contribution in [2.75, 3.05) is 17.9 Å². The van der Waals surface area contributed by atoms with Crippen molar-refractivity contribution in [2.24, 2.45) is 0 Å². The number of nitrogens with one attached hydrogen (secondary N) is 1. The molecule has 1 aromatic carbocycles. The number of carboxylic acids is 1. The second kappa shape index (κ2) is 6.77. The zero-order valence-electron chi connectivity index (χ0n) is 12.9. The topological polar surface area (TPSA) is 102 Å². The number of hydrogen-bond donors (Lipinski definition) is 2. The van der Waals surface area contributed by atoms with Crippen molar-refractivity contribution in [1.29, 1.82) is 0 Å². The van der Waals surface area contributed by atoms with Crippen molar-refractivity contribution in [1.82, 2.24) is 0 Å². The minimum Gasteiger partial charge on any atom is -0.478 e. The summed E-state index contributed by atoms with van der Waals surface area (Å²) in [5, 5.41) is 8.68. The summed E-state index contributed by atoms with van der Waals surface area (Å²) in [6.07, 6.45) is 1.53. The lowest BCUT2D eigenvalue weighted by Crippen LogP contribution is -2.41. The summed E-state index contributed by atoms with van der Waals surface area (Å²) < 4.78 is 38.7. The maximum atomic E-state index is 12.7. The molecule has 136 valence electrons. The first-order valence-electron chi connectivity index (χ1n) is 7.43. The van der Waals surface area contributed by atoms with E-state index >= 15 is 0 Å². The minimum absolute atomic E-state index is 0.0404. The molecular formula is C15H15Cl2NO6S. The number of carboxylic acid groups (broad SMARTS) is 1. The summed E-state index contributed by atoms with van der Waals surface area (Å²) in [5.74, 6) is -2.49. The second-order valence-corrected chi connectivity index (χ2v) is 8.42. The van der Waals surface area contributed by atoms with Gasteiger partial charge in [0.15, 0.2) is 5.79 Å². The lowest BCUT2D eigenvalue weighted by atomic mass is 9.94. The summed E-state index contributed by atoms with van der Waals surface area (Å²) in [7, 11) is -4.05. The molecule has 1 aromatic rings. The number of sulfonamides is 1. The summed E-state index contributed by atoms with van der Waals surface area (Å²) >= 11 is 11.8. The van der Waals surface area contributed by atoms with Crippen LogP contribution in [0.15, 0.2) is 29.8 Å². The highest BCUT2D eigenvalue weighted by atomic mass is 35.5. The summed E-state index contributed by atoms with van der Waals surface area (Å²) in [4.78, 5) is 11.6. The molecule has 1 atom stereocenters. The van der Waals surface area contributed by atoms with Crippen molar-refractivity contribution in [3.05, 3.63) is 39.9 Å². The van der Waals surface area contributed by atoms with Gasteiger partial charge in [-0.2, -0.15) is 0 Å². The summed E-state index contributed by atoms with van der Waals surface area (Å²) in [6.45, 7) is 0.666. The standard InChI is InChI=1S/C15H15Cl2NO6S/c16-9-1-2-12(11(17)7-9)18-25(21,22)13-3-4-15(23-5-6-24-15)8-10(13)14(19)20/h1-2,7-8,13,18H,3-6H2,(H,19,20). The van der Waals surface area contributed by atoms with Gasteiger partial charge < -0.3 is 14.6 Å². The monoisotopic (exact) mass is 407 g/mol. The molecule has 2 aliphatic rings. The van der Waals surface area contributed by atoms with E-state index in [0.29, 0.717) is 18.2 Å². The average Bonchev–Trinajstić information content (AvgIpc) is 2.97. The Morgan fingerprint density at radius 3 is 2.56 bits per heavy atom. The van der Waals surface area contributed by atoms with E-state index in [1.54, 1.807) is 0 Å². The lowest BCUT2D eigenvalue weighted by Gasteiger charge is -2.32. The van der Waals surface area contributed by atoms with Crippen LogP contribution in [0.1, 0.15) is 12.8 Å². The van der Waals surface area contributed by atoms with Crippen molar-refractivity contribution < 1.29 is 27.8 Å². The predicted octanol–water partition coefficient (Wildman–Crippen LogP) is 2.65. The van der Waals surface area contributed by atoms with E-state index in [0.717, 1.165) is 0 Å². The van der Waals surface area contributed by atoms with Crippen molar-refractivity contribution in [2.45, 2.75) is 23.9 Å². The van der Waals surface area contributed by atoms with Crippen molar-refractivity contribution >= 4 is 44.9 Å². The molecule has 0 aromatic heterocycles. The highest BCUT2D eigenvalue weighted by Crippen LogP contribution is 2.37. The Balaban J connectivity index is 1.92. The van der Waals surface area contributed by atoms with Crippen molar-refractivity contribution in [3.8, 4) is 0 Å². The average molecular weight is 408 g/mol. The maximum absolute atomic E-state index is 12.7. The molecule has 0 bridgehead atoms. The summed E-state index contributed by atoms with van der Waals surface area (Å²) in [5.41, 5.74) is -0.157. The molecule has 1 fully saturated rings. The SMILES string of the molecule is O=C(O)C1=CC2(CCC1S(=O)(=O)Nc1ccc(Cl)cc1Cl)OCCO2. The third kappa shape index (κ3) is 3.78. The van der Waals surface area contributed by atoms with Gasteiger partial charge in [-0.25, -0.2) is 13.2 Å². The van der Waals surface area contributed by atoms with Crippen LogP contribution in [0.25, 0.3) is 0 Å². The Labute approximate surface area is 154 Å². The highest BCUT2D eigenvalue weighted by Gasteiger charge is 2.45. The number of rotatable bonds is 4. The highest BCUT2D eigenvalue weighted by molar-refractivity contribution is 7.93. The molecule has 3 rings (SSSR count). The smallest absolute Gasteiger partial charge is 0.332 e. The number of halogens is 2. The van der Waals surface area contributed by atoms with Crippen LogP contribution in [0.4, 0.5) is 5.69 Å². The van der Waals surface area contributed by atoms with Gasteiger partial charge in [-0.3, -0.25) is 4.72 Å². The van der Waals surface area contributed by atoms with Crippen LogP contribution in [0.2, 0.25) is 10.0 Å². The number of hydrogen-bond acceptors (Lipinski definition) is 5. The molecular weight excluding hydrogens is 393 g/mol. The number of carbonyl (C=O) groups is 1. The van der Waals surface area contributed by atoms with E-state index in [1.165, 1.54) is 24.3 Å². The third-order valence-corrected chi connectivity index (χ3v) is 6.35. The third-order valence-electron chi connectivity index (χ3n) is 4.06. The minimum atomic E-state index is -4.05. The first kappa shape index (κ1) is 18.5. The Morgan fingerprint density at radius 2 is 1.96 bits per heavy atom. The van der Waals surface area contributed by atoms with E-state index < -0.39 is 27.0 Å². The van der Waals surface area contributed by atoms with Gasteiger partial charge in [-0.05, 0) is 30.7 Å². The van der Waals surface area contributed by atoms with Gasteiger partial charge >= 0.3 is 5.97 Å². The van der Waals surface area contributed by atoms with Gasteiger partial charge in [0.1, 0.15) is 5.25 Å². The largest absolute Gasteiger partial charge is 0.478 e. The van der Waals surface area contributed by atoms with E-state index in [9.17, 15) is 18.3 Å². The number of aliphatic carboxylic acids is 1. The van der Waals surface area contributed by atoms with Gasteiger partial charge in [-0.15, -0.1) is 0 Å². The predicted molar refractivity (Wildman–Crippen MR) is 92.4 cm³/mol. The zero-order valence-corrected chi connectivity index (χ0v) is 15.2. The van der Waals surface area contributed by atoms with Crippen LogP contribution < -0.4 is 4.72 Å². The van der Waals surface area contributed by atoms with Crippen LogP contribution in [-0.2, 0) is 24.3 Å². The van der Waals surface area contributed by atoms with Gasteiger partial charge in [0.25, 0.3) is 0 Å². The molecule has 1 unspecified atom stereocenters. The Bertz CT molecular complexity index is 832. The van der Waals surface area contributed by atoms with E-state index in [2.05, 4.69) is 4.72 Å². The number of anilines is 1. The molecule has 1 aliphatic carbocycles. The van der Waals surface area contributed by atoms with Gasteiger partial charge in [0, 0.05) is 11.4 Å². The molecule has 2 N–H and O–H groups in total. The molecule has 1 heterocycles. The first-order valence-corrected chi connectivity index (χ1v) is 9.73. The molecule has 7 nitrogen and oxygen atoms in total. The van der Waals surface area contributed by atoms with Crippen LogP contribution in [0.3, 0.4) is 0 Å². The molecule has 1 saturated heterocycles. The van der Waals surface area contributed by atoms with Crippen LogP contribution in [0, 0.1) is 0 Å². The molecule has 0 radical (unpaired) electrons. The maximum Gasteiger partial charge on any atom is 0.332 e. The van der Waals surface area contributed by atoms with Gasteiger partial charge in [0.05, 0.1) is 29.5 Å². The molecule has 0 saturated carbocycles. The second-order valence-electron chi connectivity index (χ2n) is 5.71. The first-order chi connectivity index (χ1) is 11.7. The van der Waals surface area contributed by atoms with Crippen molar-refractivity contribution in [3.63, 3.8) is 0 Å². The van der Waals surface area contributed by atoms with Gasteiger partial charge in [0.2, 0.25) is 10.0 Å². The number of ether oxygens (including phenoxy) is 2. The number of benzene rings is 1. The lowest BCUT2D eigenvalue weighted by molar-refractivity contribution is -0.138. The molecule has 25 heavy (non-hydrogen) atoms. The normalized spacial score (nSPS) is 22.6. The van der Waals surface area contributed by atoms with Crippen LogP contribution in [0.5, 0.6) is 0 Å². The molecule has 0 amide bonds. The molecule has 1 spiro atoms. The fourth-order valence-corrected chi connectivity index (χ4v) is 4.98.